The zero-order chi connectivity index (χ0) is 33.8. The van der Waals surface area contributed by atoms with Crippen molar-refractivity contribution in [1.82, 2.24) is 0 Å². The molecule has 266 valence electrons. The van der Waals surface area contributed by atoms with E-state index in [1.807, 2.05) is 0 Å². The summed E-state index contributed by atoms with van der Waals surface area (Å²) in [6.45, 7) is 8.79. The summed E-state index contributed by atoms with van der Waals surface area (Å²) in [5.41, 5.74) is 0. The first-order valence-electron chi connectivity index (χ1n) is 14.7. The van der Waals surface area contributed by atoms with E-state index in [-0.39, 0.29) is 0 Å². The normalized spacial score (nSPS) is 28.4. The average molecular weight is 1020 g/mol. The van der Waals surface area contributed by atoms with Gasteiger partial charge in [-0.25, -0.2) is 7.11 Å². The molecule has 0 N–H and O–H groups in total. The zero-order valence-electron chi connectivity index (χ0n) is 30.0. The molecule has 1 aliphatic rings. The first-order valence-corrected chi connectivity index (χ1v) is 30.6. The Morgan fingerprint density at radius 3 is 0.867 bits per heavy atom. The number of ether oxygens (including phenoxy) is 1. The van der Waals surface area contributed by atoms with Crippen LogP contribution in [0.15, 0.2) is 0 Å². The second kappa shape index (κ2) is 19.2. The Labute approximate surface area is 273 Å². The molecule has 1 rings (SSSR count). The molecule has 2 atom stereocenters. The van der Waals surface area contributed by atoms with Gasteiger partial charge < -0.3 is 61.0 Å². The van der Waals surface area contributed by atoms with Crippen LogP contribution in [0.1, 0.15) is 6.42 Å². The predicted molar refractivity (Wildman–Crippen MR) is 181 cm³/mol. The van der Waals surface area contributed by atoms with Crippen LogP contribution in [-0.4, -0.2) is 131 Å². The largest absolute Gasteiger partial charge is 0.555 e. The van der Waals surface area contributed by atoms with Crippen LogP contribution >= 0.6 is 0 Å². The maximum absolute atomic E-state index is 7.24. The Hall–Kier alpha value is -0.0418. The van der Waals surface area contributed by atoms with E-state index in [1.54, 1.807) is 64.0 Å². The number of hydrogen-bond acceptors (Lipinski definition) is 14. The molecule has 0 spiro atoms. The minimum absolute atomic E-state index is 0. The summed E-state index contributed by atoms with van der Waals surface area (Å²) in [4.78, 5) is 0. The third-order valence-electron chi connectivity index (χ3n) is 8.10. The third kappa shape index (κ3) is 12.7. The minimum atomic E-state index is -3.06. The molecule has 1 saturated heterocycles. The van der Waals surface area contributed by atoms with Gasteiger partial charge in [0.2, 0.25) is 0 Å². The van der Waals surface area contributed by atoms with E-state index in [9.17, 15) is 0 Å². The maximum atomic E-state index is 7.24. The fraction of sp³-hybridized carbons (Fsp3) is 0.957. The van der Waals surface area contributed by atoms with Gasteiger partial charge in [-0.3, -0.25) is 0 Å². The molecule has 0 radical (unpaired) electrons. The van der Waals surface area contributed by atoms with Crippen molar-refractivity contribution in [2.24, 2.45) is 0 Å². The summed E-state index contributed by atoms with van der Waals surface area (Å²) in [5, 5.41) is 0. The van der Waals surface area contributed by atoms with Crippen LogP contribution in [0.3, 0.4) is 0 Å². The van der Waals surface area contributed by atoms with E-state index >= 15 is 0 Å². The molecule has 0 saturated carbocycles. The molecule has 0 aromatic carbocycles. The van der Waals surface area contributed by atoms with Crippen LogP contribution in [0.5, 0.6) is 0 Å². The fourth-order valence-electron chi connectivity index (χ4n) is 5.62. The van der Waals surface area contributed by atoms with E-state index in [4.69, 9.17) is 61.0 Å². The topological polar surface area (TPSA) is 129 Å². The molecule has 1 heterocycles. The number of rotatable bonds is 22. The average Bonchev–Trinajstić information content (AvgIpc) is 2.99. The minimum Gasteiger partial charge on any atom is -0.555 e. The first kappa shape index (κ1) is 45.0. The van der Waals surface area contributed by atoms with Crippen LogP contribution in [0.2, 0.25) is 68.5 Å². The van der Waals surface area contributed by atoms with E-state index < -0.39 is 60.7 Å². The van der Waals surface area contributed by atoms with Gasteiger partial charge in [-0.15, -0.1) is 0 Å². The zero-order valence-corrected chi connectivity index (χ0v) is 43.4. The van der Waals surface area contributed by atoms with Gasteiger partial charge in [-0.05, 0) is 56.8 Å². The molecule has 14 nitrogen and oxygen atoms in total. The van der Waals surface area contributed by atoms with Crippen molar-refractivity contribution in [3.8, 4) is 0 Å². The molecule has 22 heteroatoms. The van der Waals surface area contributed by atoms with E-state index in [1.165, 1.54) is 0 Å². The van der Waals surface area contributed by atoms with Gasteiger partial charge in [-0.1, -0.05) is 0 Å². The summed E-state index contributed by atoms with van der Waals surface area (Å²) in [6.07, 6.45) is 0.722. The molecule has 2 unspecified atom stereocenters. The Bertz CT molecular complexity index is 764. The molecular formula is C23H59O14RfSi7-. The smallest absolute Gasteiger partial charge is 0.500 e. The van der Waals surface area contributed by atoms with Crippen LogP contribution in [0, 0.1) is 7.11 Å². The van der Waals surface area contributed by atoms with Crippen molar-refractivity contribution in [3.05, 3.63) is 7.11 Å². The first-order chi connectivity index (χ1) is 20.6. The fourth-order valence-corrected chi connectivity index (χ4v) is 38.9. The molecule has 0 aromatic heterocycles. The van der Waals surface area contributed by atoms with E-state index in [2.05, 4.69) is 33.3 Å². The molecule has 1 fully saturated rings. The van der Waals surface area contributed by atoms with Crippen LogP contribution < -0.4 is 0 Å². The van der Waals surface area contributed by atoms with Gasteiger partial charge in [0.25, 0.3) is 0 Å². The molecule has 0 aromatic rings. The monoisotopic (exact) mass is 1020 g/mol. The van der Waals surface area contributed by atoms with Crippen molar-refractivity contribution < 1.29 is 61.0 Å². The summed E-state index contributed by atoms with van der Waals surface area (Å²) >= 11 is 0. The maximum Gasteiger partial charge on any atom is 0.500 e. The number of hydrogen-bond donors (Lipinski definition) is 0. The summed E-state index contributed by atoms with van der Waals surface area (Å²) in [7, 11) is -2.81. The van der Waals surface area contributed by atoms with Crippen molar-refractivity contribution in [2.45, 2.75) is 74.9 Å². The van der Waals surface area contributed by atoms with Crippen molar-refractivity contribution in [2.75, 3.05) is 70.6 Å². The Balaban J connectivity index is 0.0000194. The van der Waals surface area contributed by atoms with E-state index in [0.29, 0.717) is 48.9 Å². The van der Waals surface area contributed by atoms with Crippen LogP contribution in [0.25, 0.3) is 0 Å². The van der Waals surface area contributed by atoms with Crippen molar-refractivity contribution >= 4 is 60.7 Å². The molecule has 0 amide bonds. The Morgan fingerprint density at radius 2 is 0.667 bits per heavy atom. The van der Waals surface area contributed by atoms with Crippen molar-refractivity contribution in [1.29, 1.82) is 0 Å². The second-order valence-corrected chi connectivity index (χ2v) is 35.0. The van der Waals surface area contributed by atoms with Gasteiger partial charge in [0.1, 0.15) is 0 Å². The van der Waals surface area contributed by atoms with Crippen LogP contribution in [0.4, 0.5) is 0 Å². The summed E-state index contributed by atoms with van der Waals surface area (Å²) < 4.78 is 85.8. The standard InChI is InChI=1S/C23H59O14Si7.Rf/c1-24-16-15-17-38(11)34-39(12,18-21-42(25-2,26-3)27-4)36-41(14,20-23-44(31-8,32-9)33-10)37-40(13,35-38)19-22-43(28-5,29-6)30-7;/h1,15-23H2,2-14H3;/q-1;. The predicted octanol–water partition coefficient (Wildman–Crippen LogP) is 4.19. The molecule has 0 aliphatic carbocycles. The van der Waals surface area contributed by atoms with Gasteiger partial charge >= 0.3 is 60.7 Å². The second-order valence-electron chi connectivity index (χ2n) is 11.3. The summed E-state index contributed by atoms with van der Waals surface area (Å²) in [5.74, 6) is 0. The van der Waals surface area contributed by atoms with Crippen molar-refractivity contribution in [3.63, 3.8) is 0 Å². The Morgan fingerprint density at radius 1 is 0.444 bits per heavy atom. The Kier molecular flexibility index (Phi) is 19.2. The summed E-state index contributed by atoms with van der Waals surface area (Å²) in [6, 6.07) is 3.88. The molecular weight excluding hydrogens is 964 g/mol. The van der Waals surface area contributed by atoms with Gasteiger partial charge in [0.15, 0.2) is 0 Å². The van der Waals surface area contributed by atoms with Gasteiger partial charge in [0.05, 0.1) is 0 Å². The van der Waals surface area contributed by atoms with Gasteiger partial charge in [0, 0.05) is 88.7 Å². The third-order valence-corrected chi connectivity index (χ3v) is 36.3. The van der Waals surface area contributed by atoms with E-state index in [0.717, 1.165) is 6.42 Å². The SMILES string of the molecule is [CH2-]OCCC[Si]1(C)O[Si](C)(CC[Si](OC)(OC)OC)O[Si](C)(CC[Si](OC)(OC)OC)O[Si](C)(CC[Si](OC)(OC)OC)O1.[Rf]. The molecule has 0 bridgehead atoms. The quantitative estimate of drug-likeness (QED) is 0.0874. The molecule has 1 aliphatic heterocycles. The van der Waals surface area contributed by atoms with Gasteiger partial charge in [-0.2, -0.15) is 0 Å². The van der Waals surface area contributed by atoms with Crippen LogP contribution in [-0.2, 0) is 61.0 Å². The molecule has 45 heavy (non-hydrogen) atoms.